The zero-order valence-corrected chi connectivity index (χ0v) is 21.4. The van der Waals surface area contributed by atoms with Crippen molar-refractivity contribution in [2.24, 2.45) is 0 Å². The molecule has 24 heavy (non-hydrogen) atoms. The van der Waals surface area contributed by atoms with Crippen LogP contribution in [-0.2, 0) is 4.15 Å². The van der Waals surface area contributed by atoms with E-state index in [4.69, 9.17) is 0 Å². The second kappa shape index (κ2) is 10.8. The molecule has 0 aliphatic carbocycles. The summed E-state index contributed by atoms with van der Waals surface area (Å²) in [5.74, 6) is 0. The average molecular weight is 722 g/mol. The molecule has 0 unspecified atom stereocenters. The van der Waals surface area contributed by atoms with Crippen LogP contribution in [0.4, 0.5) is 0 Å². The molecule has 0 spiro atoms. The number of halogens is 3. The van der Waals surface area contributed by atoms with E-state index in [0.717, 1.165) is 0 Å². The van der Waals surface area contributed by atoms with Gasteiger partial charge in [-0.25, -0.2) is 0 Å². The zero-order chi connectivity index (χ0) is 17.4. The van der Waals surface area contributed by atoms with E-state index in [-0.39, 0.29) is 0 Å². The van der Waals surface area contributed by atoms with Crippen molar-refractivity contribution in [3.63, 3.8) is 0 Å². The summed E-state index contributed by atoms with van der Waals surface area (Å²) < 4.78 is 0.597. The monoisotopic (exact) mass is 721 g/mol. The van der Waals surface area contributed by atoms with Crippen molar-refractivity contribution in [2.75, 3.05) is 6.66 Å². The molecule has 5 heteroatoms. The van der Waals surface area contributed by atoms with Gasteiger partial charge in [0.1, 0.15) is 23.2 Å². The summed E-state index contributed by atoms with van der Waals surface area (Å²) in [5, 5.41) is 4.28. The molecule has 3 rings (SSSR count). The summed E-state index contributed by atoms with van der Waals surface area (Å²) in [6.07, 6.45) is 0. The van der Waals surface area contributed by atoms with Gasteiger partial charge in [-0.3, -0.25) is 0 Å². The first-order valence-electron chi connectivity index (χ1n) is 7.19. The van der Waals surface area contributed by atoms with Crippen LogP contribution in [0.25, 0.3) is 0 Å². The molecular weight excluding hydrogens is 703 g/mol. The van der Waals surface area contributed by atoms with Gasteiger partial charge in [-0.2, -0.15) is 0 Å². The topological polar surface area (TPSA) is 0 Å². The summed E-state index contributed by atoms with van der Waals surface area (Å²) in [5.41, 5.74) is 0. The molecule has 3 aromatic rings. The standard InChI is InChI=1S/C19H18P.Cu.3HI/c1-20(17-11-5-2-6-12-17,18-13-7-3-8-14-18)19-15-9-4-10-16-19;;;;/h2-16H,1H3;;3*1H/q+1;+2;;;/p-3. The molecule has 0 radical (unpaired) electrons. The minimum absolute atomic E-state index is 0.597. The third-order valence-corrected chi connectivity index (χ3v) is 7.81. The Balaban J connectivity index is 0.000000471. The number of hydrogen-bond acceptors (Lipinski definition) is 0. The average Bonchev–Trinajstić information content (AvgIpc) is 2.63. The van der Waals surface area contributed by atoms with Crippen molar-refractivity contribution >= 4 is 84.2 Å². The Hall–Kier alpha value is 0.799. The molecule has 0 atom stereocenters. The van der Waals surface area contributed by atoms with E-state index in [9.17, 15) is 0 Å². The molecule has 0 saturated carbocycles. The van der Waals surface area contributed by atoms with Crippen LogP contribution in [-0.4, -0.2) is 6.66 Å². The van der Waals surface area contributed by atoms with E-state index in [2.05, 4.69) is 159 Å². The van der Waals surface area contributed by atoms with Crippen LogP contribution < -0.4 is 15.9 Å². The van der Waals surface area contributed by atoms with Gasteiger partial charge < -0.3 is 0 Å². The summed E-state index contributed by atoms with van der Waals surface area (Å²) in [6.45, 7) is 2.41. The van der Waals surface area contributed by atoms with E-state index in [0.29, 0.717) is 4.15 Å². The molecule has 0 aliphatic rings. The first-order valence-corrected chi connectivity index (χ1v) is 18.5. The molecule has 3 aromatic carbocycles. The summed E-state index contributed by atoms with van der Waals surface area (Å²) in [4.78, 5) is 0. The number of rotatable bonds is 3. The van der Waals surface area contributed by atoms with Crippen molar-refractivity contribution in [3.05, 3.63) is 91.0 Å². The molecule has 0 amide bonds. The quantitative estimate of drug-likeness (QED) is 0.170. The molecule has 0 bridgehead atoms. The van der Waals surface area contributed by atoms with Gasteiger partial charge in [0.25, 0.3) is 0 Å². The van der Waals surface area contributed by atoms with Crippen LogP contribution in [0.5, 0.6) is 0 Å². The Morgan fingerprint density at radius 1 is 0.542 bits per heavy atom. The van der Waals surface area contributed by atoms with Gasteiger partial charge >= 0.3 is 65.2 Å². The Morgan fingerprint density at radius 3 is 0.958 bits per heavy atom. The van der Waals surface area contributed by atoms with Gasteiger partial charge in [-0.15, -0.1) is 0 Å². The van der Waals surface area contributed by atoms with E-state index in [1.54, 1.807) is 0 Å². The molecule has 131 valence electrons. The molecule has 0 heterocycles. The predicted molar refractivity (Wildman–Crippen MR) is 133 cm³/mol. The number of hydrogen-bond donors (Lipinski definition) is 0. The van der Waals surface area contributed by atoms with Gasteiger partial charge in [0.05, 0.1) is 6.66 Å². The van der Waals surface area contributed by atoms with Crippen LogP contribution >= 0.6 is 68.3 Å². The zero-order valence-electron chi connectivity index (χ0n) is 13.0. The van der Waals surface area contributed by atoms with Crippen LogP contribution in [0.2, 0.25) is 0 Å². The third kappa shape index (κ3) is 5.91. The Labute approximate surface area is 183 Å². The first-order chi connectivity index (χ1) is 11.5. The van der Waals surface area contributed by atoms with Gasteiger partial charge in [0.15, 0.2) is 0 Å². The van der Waals surface area contributed by atoms with Crippen LogP contribution in [0.15, 0.2) is 91.0 Å². The van der Waals surface area contributed by atoms with Crippen molar-refractivity contribution in [3.8, 4) is 0 Å². The van der Waals surface area contributed by atoms with E-state index in [1.807, 2.05) is 0 Å². The van der Waals surface area contributed by atoms with Gasteiger partial charge in [0, 0.05) is 0 Å². The Morgan fingerprint density at radius 2 is 0.750 bits per heavy atom. The fraction of sp³-hybridized carbons (Fsp3) is 0.0526. The van der Waals surface area contributed by atoms with Crippen LogP contribution in [0.1, 0.15) is 0 Å². The van der Waals surface area contributed by atoms with E-state index >= 15 is 0 Å². The molecule has 0 aromatic heterocycles. The van der Waals surface area contributed by atoms with Crippen molar-refractivity contribution in [2.45, 2.75) is 0 Å². The molecular formula is C19H18CuI3P. The van der Waals surface area contributed by atoms with Crippen molar-refractivity contribution in [1.82, 2.24) is 0 Å². The predicted octanol–water partition coefficient (Wildman–Crippen LogP) is 6.26. The Bertz CT molecular complexity index is 622. The van der Waals surface area contributed by atoms with Crippen molar-refractivity contribution in [1.29, 1.82) is 0 Å². The van der Waals surface area contributed by atoms with Crippen LogP contribution in [0.3, 0.4) is 0 Å². The SMILES string of the molecule is C[P+](c1ccccc1)(c1ccccc1)c1ccccc1.[I][Cu-]([I])[I]. The maximum absolute atomic E-state index is 2.41. The van der Waals surface area contributed by atoms with E-state index < -0.39 is 7.26 Å². The van der Waals surface area contributed by atoms with Crippen molar-refractivity contribution < 1.29 is 4.15 Å². The summed E-state index contributed by atoms with van der Waals surface area (Å²) in [6, 6.07) is 32.6. The Kier molecular flexibility index (Phi) is 9.52. The second-order valence-corrected chi connectivity index (χ2v) is 32.5. The first kappa shape index (κ1) is 21.1. The minimum atomic E-state index is -1.53. The van der Waals surface area contributed by atoms with Gasteiger partial charge in [-0.05, 0) is 36.4 Å². The normalized spacial score (nSPS) is 11.2. The fourth-order valence-electron chi connectivity index (χ4n) is 2.63. The second-order valence-electron chi connectivity index (χ2n) is 5.14. The molecule has 0 fully saturated rings. The molecule has 0 nitrogen and oxygen atoms in total. The fourth-order valence-corrected chi connectivity index (χ4v) is 5.83. The van der Waals surface area contributed by atoms with Gasteiger partial charge in [-0.1, -0.05) is 54.6 Å². The molecule has 0 N–H and O–H groups in total. The van der Waals surface area contributed by atoms with Crippen LogP contribution in [0, 0.1) is 0 Å². The molecule has 0 saturated heterocycles. The summed E-state index contributed by atoms with van der Waals surface area (Å²) >= 11 is 7.01. The number of benzene rings is 3. The third-order valence-electron chi connectivity index (χ3n) is 3.82. The molecule has 0 aliphatic heterocycles. The summed E-state index contributed by atoms with van der Waals surface area (Å²) in [7, 11) is -1.53. The maximum atomic E-state index is 2.41. The van der Waals surface area contributed by atoms with E-state index in [1.165, 1.54) is 15.9 Å². The van der Waals surface area contributed by atoms with Gasteiger partial charge in [0.2, 0.25) is 0 Å².